The number of nitrogens with one attached hydrogen (secondary N) is 1. The van der Waals surface area contributed by atoms with E-state index in [1.54, 1.807) is 10.9 Å². The predicted octanol–water partition coefficient (Wildman–Crippen LogP) is 1.34. The summed E-state index contributed by atoms with van der Waals surface area (Å²) in [5.74, 6) is 0.517. The number of rotatable bonds is 4. The molecule has 3 heterocycles. The van der Waals surface area contributed by atoms with Crippen molar-refractivity contribution in [3.63, 3.8) is 0 Å². The molecular weight excluding hydrogens is 268 g/mol. The van der Waals surface area contributed by atoms with Gasteiger partial charge in [0.2, 0.25) is 0 Å². The van der Waals surface area contributed by atoms with E-state index in [2.05, 4.69) is 20.4 Å². The minimum absolute atomic E-state index is 0.185. The molecule has 0 aromatic carbocycles. The summed E-state index contributed by atoms with van der Waals surface area (Å²) in [6, 6.07) is 5.45. The van der Waals surface area contributed by atoms with Crippen LogP contribution >= 0.6 is 0 Å². The zero-order valence-corrected chi connectivity index (χ0v) is 11.9. The third kappa shape index (κ3) is 2.49. The number of aryl methyl sites for hydroxylation is 1. The highest BCUT2D eigenvalue weighted by Gasteiger charge is 2.19. The van der Waals surface area contributed by atoms with Crippen LogP contribution in [0, 0.1) is 0 Å². The highest BCUT2D eigenvalue weighted by molar-refractivity contribution is 5.93. The molecule has 0 bridgehead atoms. The molecule has 108 valence electrons. The van der Waals surface area contributed by atoms with Gasteiger partial charge in [0.1, 0.15) is 23.5 Å². The average Bonchev–Trinajstić information content (AvgIpc) is 3.10. The number of carbonyl (C=O) groups is 1. The van der Waals surface area contributed by atoms with Crippen molar-refractivity contribution in [1.29, 1.82) is 0 Å². The van der Waals surface area contributed by atoms with Crippen LogP contribution in [0.4, 0.5) is 0 Å². The first-order valence-corrected chi connectivity index (χ1v) is 6.77. The van der Waals surface area contributed by atoms with Crippen molar-refractivity contribution in [3.05, 3.63) is 48.4 Å². The number of amides is 1. The monoisotopic (exact) mass is 284 g/mol. The minimum atomic E-state index is -0.214. The molecule has 1 N–H and O–H groups in total. The number of fused-ring (bicyclic) bond motifs is 1. The van der Waals surface area contributed by atoms with Gasteiger partial charge in [0.25, 0.3) is 5.91 Å². The fourth-order valence-corrected chi connectivity index (χ4v) is 2.25. The first kappa shape index (κ1) is 13.3. The van der Waals surface area contributed by atoms with Crippen molar-refractivity contribution >= 4 is 11.6 Å². The summed E-state index contributed by atoms with van der Waals surface area (Å²) in [5, 5.41) is 6.98. The number of imidazole rings is 1. The molecule has 3 rings (SSSR count). The van der Waals surface area contributed by atoms with Crippen LogP contribution in [0.5, 0.6) is 0 Å². The van der Waals surface area contributed by atoms with Crippen LogP contribution in [-0.2, 0) is 7.05 Å². The molecule has 0 aliphatic carbocycles. The summed E-state index contributed by atoms with van der Waals surface area (Å²) in [6.45, 7) is 1.99. The Morgan fingerprint density at radius 1 is 1.43 bits per heavy atom. The minimum Gasteiger partial charge on any atom is -0.341 e. The van der Waals surface area contributed by atoms with Crippen molar-refractivity contribution in [3.8, 4) is 0 Å². The van der Waals surface area contributed by atoms with Crippen LogP contribution in [-0.4, -0.2) is 30.1 Å². The number of hydrogen-bond acceptors (Lipinski definition) is 4. The second-order valence-corrected chi connectivity index (χ2v) is 4.77. The second-order valence-electron chi connectivity index (χ2n) is 4.77. The molecule has 1 amide bonds. The molecule has 7 heteroatoms. The van der Waals surface area contributed by atoms with Crippen LogP contribution in [0.3, 0.4) is 0 Å². The molecule has 0 radical (unpaired) electrons. The number of hydrogen-bond donors (Lipinski definition) is 1. The molecule has 7 nitrogen and oxygen atoms in total. The Kier molecular flexibility index (Phi) is 3.39. The number of carbonyl (C=O) groups excluding carboxylic acids is 1. The summed E-state index contributed by atoms with van der Waals surface area (Å²) in [4.78, 5) is 20.8. The van der Waals surface area contributed by atoms with Gasteiger partial charge in [0.15, 0.2) is 0 Å². The Hall–Kier alpha value is -2.70. The summed E-state index contributed by atoms with van der Waals surface area (Å²) >= 11 is 0. The molecule has 0 saturated carbocycles. The molecule has 3 aromatic heterocycles. The SMILES string of the molecule is CC[C@H](NC(=O)c1cn2ccccc2n1)c1ncnn1C. The Labute approximate surface area is 121 Å². The maximum Gasteiger partial charge on any atom is 0.272 e. The van der Waals surface area contributed by atoms with Gasteiger partial charge in [-0.05, 0) is 18.6 Å². The summed E-state index contributed by atoms with van der Waals surface area (Å²) < 4.78 is 3.48. The van der Waals surface area contributed by atoms with Gasteiger partial charge in [-0.3, -0.25) is 9.48 Å². The lowest BCUT2D eigenvalue weighted by Gasteiger charge is -2.14. The van der Waals surface area contributed by atoms with Gasteiger partial charge in [-0.1, -0.05) is 13.0 Å². The zero-order chi connectivity index (χ0) is 14.8. The molecule has 0 saturated heterocycles. The standard InChI is InChI=1S/C14H16N6O/c1-3-10(13-15-9-16-19(13)2)18-14(21)11-8-20-7-5-4-6-12(20)17-11/h4-10H,3H2,1-2H3,(H,18,21)/t10-/m0/s1. The topological polar surface area (TPSA) is 77.1 Å². The Balaban J connectivity index is 1.83. The number of nitrogens with zero attached hydrogens (tertiary/aromatic N) is 5. The van der Waals surface area contributed by atoms with E-state index in [4.69, 9.17) is 0 Å². The smallest absolute Gasteiger partial charge is 0.272 e. The maximum atomic E-state index is 12.3. The van der Waals surface area contributed by atoms with Crippen molar-refractivity contribution in [2.75, 3.05) is 0 Å². The number of pyridine rings is 1. The van der Waals surface area contributed by atoms with Gasteiger partial charge in [-0.25, -0.2) is 9.97 Å². The third-order valence-electron chi connectivity index (χ3n) is 3.37. The van der Waals surface area contributed by atoms with E-state index >= 15 is 0 Å². The predicted molar refractivity (Wildman–Crippen MR) is 76.7 cm³/mol. The molecule has 0 aliphatic heterocycles. The van der Waals surface area contributed by atoms with E-state index in [-0.39, 0.29) is 11.9 Å². The molecule has 3 aromatic rings. The Morgan fingerprint density at radius 3 is 2.95 bits per heavy atom. The van der Waals surface area contributed by atoms with Gasteiger partial charge < -0.3 is 9.72 Å². The average molecular weight is 284 g/mol. The van der Waals surface area contributed by atoms with Crippen LogP contribution in [0.15, 0.2) is 36.9 Å². The lowest BCUT2D eigenvalue weighted by Crippen LogP contribution is -2.30. The van der Waals surface area contributed by atoms with Gasteiger partial charge in [0, 0.05) is 19.4 Å². The molecule has 1 atom stereocenters. The van der Waals surface area contributed by atoms with E-state index in [0.717, 1.165) is 17.9 Å². The molecule has 0 unspecified atom stereocenters. The first-order valence-electron chi connectivity index (χ1n) is 6.77. The lowest BCUT2D eigenvalue weighted by molar-refractivity contribution is 0.0928. The summed E-state index contributed by atoms with van der Waals surface area (Å²) in [6.07, 6.45) is 5.79. The normalized spacial score (nSPS) is 12.5. The van der Waals surface area contributed by atoms with Crippen molar-refractivity contribution in [1.82, 2.24) is 29.5 Å². The zero-order valence-electron chi connectivity index (χ0n) is 11.9. The van der Waals surface area contributed by atoms with E-state index in [1.807, 2.05) is 42.8 Å². The van der Waals surface area contributed by atoms with Gasteiger partial charge in [-0.2, -0.15) is 5.10 Å². The fraction of sp³-hybridized carbons (Fsp3) is 0.286. The fourth-order valence-electron chi connectivity index (χ4n) is 2.25. The molecular formula is C14H16N6O. The Bertz CT molecular complexity index is 741. The highest BCUT2D eigenvalue weighted by Crippen LogP contribution is 2.14. The van der Waals surface area contributed by atoms with E-state index in [0.29, 0.717) is 5.69 Å². The van der Waals surface area contributed by atoms with Gasteiger partial charge >= 0.3 is 0 Å². The quantitative estimate of drug-likeness (QED) is 0.784. The lowest BCUT2D eigenvalue weighted by atomic mass is 10.2. The molecule has 21 heavy (non-hydrogen) atoms. The van der Waals surface area contributed by atoms with E-state index in [9.17, 15) is 4.79 Å². The van der Waals surface area contributed by atoms with Crippen molar-refractivity contribution < 1.29 is 4.79 Å². The Morgan fingerprint density at radius 2 is 2.29 bits per heavy atom. The third-order valence-corrected chi connectivity index (χ3v) is 3.37. The first-order chi connectivity index (χ1) is 10.2. The largest absolute Gasteiger partial charge is 0.341 e. The van der Waals surface area contributed by atoms with Crippen LogP contribution in [0.1, 0.15) is 35.7 Å². The van der Waals surface area contributed by atoms with Crippen molar-refractivity contribution in [2.24, 2.45) is 7.05 Å². The molecule has 0 fully saturated rings. The summed E-state index contributed by atoms with van der Waals surface area (Å²) in [7, 11) is 1.81. The molecule has 0 spiro atoms. The van der Waals surface area contributed by atoms with Crippen LogP contribution in [0.2, 0.25) is 0 Å². The van der Waals surface area contributed by atoms with Crippen LogP contribution < -0.4 is 5.32 Å². The van der Waals surface area contributed by atoms with Gasteiger partial charge in [0.05, 0.1) is 6.04 Å². The summed E-state index contributed by atoms with van der Waals surface area (Å²) in [5.41, 5.74) is 1.14. The second kappa shape index (κ2) is 5.35. The highest BCUT2D eigenvalue weighted by atomic mass is 16.2. The van der Waals surface area contributed by atoms with Crippen molar-refractivity contribution in [2.45, 2.75) is 19.4 Å². The maximum absolute atomic E-state index is 12.3. The molecule has 0 aliphatic rings. The number of aromatic nitrogens is 5. The van der Waals surface area contributed by atoms with Crippen LogP contribution in [0.25, 0.3) is 5.65 Å². The van der Waals surface area contributed by atoms with E-state index in [1.165, 1.54) is 6.33 Å². The van der Waals surface area contributed by atoms with Gasteiger partial charge in [-0.15, -0.1) is 0 Å². The van der Waals surface area contributed by atoms with E-state index < -0.39 is 0 Å².